The second-order valence-electron chi connectivity index (χ2n) is 5.76. The van der Waals surface area contributed by atoms with Crippen molar-refractivity contribution in [2.24, 2.45) is 0 Å². The molecule has 0 radical (unpaired) electrons. The van der Waals surface area contributed by atoms with Crippen molar-refractivity contribution in [2.45, 2.75) is 0 Å². The minimum absolute atomic E-state index is 0.351. The number of aromatic nitrogens is 2. The Labute approximate surface area is 149 Å². The van der Waals surface area contributed by atoms with E-state index in [2.05, 4.69) is 15.6 Å². The number of anilines is 2. The molecule has 5 nitrogen and oxygen atoms in total. The molecule has 2 aromatic heterocycles. The van der Waals surface area contributed by atoms with Crippen LogP contribution in [-0.4, -0.2) is 15.4 Å². The van der Waals surface area contributed by atoms with E-state index in [1.807, 2.05) is 53.2 Å². The first-order valence-corrected chi connectivity index (χ1v) is 8.05. The molecule has 128 valence electrons. The first-order valence-electron chi connectivity index (χ1n) is 8.05. The van der Waals surface area contributed by atoms with Crippen LogP contribution in [0, 0.1) is 5.82 Å². The van der Waals surface area contributed by atoms with E-state index in [0.29, 0.717) is 11.4 Å². The Balaban J connectivity index is 1.51. The van der Waals surface area contributed by atoms with E-state index in [-0.39, 0.29) is 5.82 Å². The average molecular weight is 346 g/mol. The summed E-state index contributed by atoms with van der Waals surface area (Å²) < 4.78 is 14.9. The van der Waals surface area contributed by atoms with Gasteiger partial charge >= 0.3 is 6.03 Å². The molecule has 0 saturated carbocycles. The number of fused-ring (bicyclic) bond motifs is 1. The minimum Gasteiger partial charge on any atom is -0.308 e. The van der Waals surface area contributed by atoms with Gasteiger partial charge in [-0.1, -0.05) is 18.2 Å². The summed E-state index contributed by atoms with van der Waals surface area (Å²) in [4.78, 5) is 16.7. The lowest BCUT2D eigenvalue weighted by Gasteiger charge is -2.08. The fraction of sp³-hybridized carbons (Fsp3) is 0. The van der Waals surface area contributed by atoms with Crippen LogP contribution < -0.4 is 10.6 Å². The van der Waals surface area contributed by atoms with Gasteiger partial charge in [-0.25, -0.2) is 14.2 Å². The Morgan fingerprint density at radius 3 is 2.54 bits per heavy atom. The molecule has 0 unspecified atom stereocenters. The van der Waals surface area contributed by atoms with Crippen molar-refractivity contribution >= 4 is 23.1 Å². The molecule has 2 N–H and O–H groups in total. The summed E-state index contributed by atoms with van der Waals surface area (Å²) >= 11 is 0. The molecule has 4 rings (SSSR count). The highest BCUT2D eigenvalue weighted by Gasteiger charge is 2.07. The van der Waals surface area contributed by atoms with Crippen LogP contribution in [0.3, 0.4) is 0 Å². The number of carbonyl (C=O) groups is 1. The summed E-state index contributed by atoms with van der Waals surface area (Å²) in [5.41, 5.74) is 3.72. The topological polar surface area (TPSA) is 58.4 Å². The molecule has 0 bridgehead atoms. The quantitative estimate of drug-likeness (QED) is 0.561. The van der Waals surface area contributed by atoms with E-state index in [1.54, 1.807) is 6.07 Å². The van der Waals surface area contributed by atoms with E-state index < -0.39 is 6.03 Å². The van der Waals surface area contributed by atoms with Crippen LogP contribution in [0.25, 0.3) is 16.9 Å². The molecular weight excluding hydrogens is 331 g/mol. The SMILES string of the molecule is O=C(Nc1ccc(F)cc1)Nc1cccc(-c2cn3ccccc3n2)c1. The number of carbonyl (C=O) groups excluding carboxylic acids is 1. The molecule has 0 fully saturated rings. The van der Waals surface area contributed by atoms with Gasteiger partial charge in [0.15, 0.2) is 0 Å². The van der Waals surface area contributed by atoms with Gasteiger partial charge < -0.3 is 15.0 Å². The number of rotatable bonds is 3. The molecule has 0 spiro atoms. The van der Waals surface area contributed by atoms with Crippen molar-refractivity contribution in [3.8, 4) is 11.3 Å². The fourth-order valence-electron chi connectivity index (χ4n) is 2.66. The highest BCUT2D eigenvalue weighted by Crippen LogP contribution is 2.22. The summed E-state index contributed by atoms with van der Waals surface area (Å²) in [6.45, 7) is 0. The molecule has 2 amide bonds. The molecule has 0 atom stereocenters. The molecular formula is C20H15FN4O. The number of benzene rings is 2. The number of hydrogen-bond acceptors (Lipinski definition) is 2. The maximum absolute atomic E-state index is 12.9. The number of halogens is 1. The van der Waals surface area contributed by atoms with Gasteiger partial charge in [0.1, 0.15) is 11.5 Å². The van der Waals surface area contributed by atoms with Gasteiger partial charge in [0.25, 0.3) is 0 Å². The molecule has 0 aliphatic heterocycles. The summed E-state index contributed by atoms with van der Waals surface area (Å²) in [5, 5.41) is 5.43. The summed E-state index contributed by atoms with van der Waals surface area (Å²) in [6, 6.07) is 18.4. The first kappa shape index (κ1) is 15.8. The lowest BCUT2D eigenvalue weighted by molar-refractivity contribution is 0.262. The van der Waals surface area contributed by atoms with Gasteiger partial charge in [0.2, 0.25) is 0 Å². The molecule has 26 heavy (non-hydrogen) atoms. The van der Waals surface area contributed by atoms with Gasteiger partial charge in [-0.15, -0.1) is 0 Å². The second-order valence-corrected chi connectivity index (χ2v) is 5.76. The molecule has 0 aliphatic carbocycles. The molecule has 0 aliphatic rings. The normalized spacial score (nSPS) is 10.7. The highest BCUT2D eigenvalue weighted by atomic mass is 19.1. The van der Waals surface area contributed by atoms with Crippen LogP contribution in [0.2, 0.25) is 0 Å². The first-order chi connectivity index (χ1) is 12.7. The third kappa shape index (κ3) is 3.39. The van der Waals surface area contributed by atoms with Gasteiger partial charge in [0, 0.05) is 29.3 Å². The zero-order chi connectivity index (χ0) is 17.9. The van der Waals surface area contributed by atoms with Crippen LogP contribution >= 0.6 is 0 Å². The zero-order valence-corrected chi connectivity index (χ0v) is 13.7. The van der Waals surface area contributed by atoms with Crippen molar-refractivity contribution in [1.29, 1.82) is 0 Å². The highest BCUT2D eigenvalue weighted by molar-refractivity contribution is 6.00. The predicted octanol–water partition coefficient (Wildman–Crippen LogP) is 4.78. The number of nitrogens with zero attached hydrogens (tertiary/aromatic N) is 2. The monoisotopic (exact) mass is 346 g/mol. The number of imidazole rings is 1. The summed E-state index contributed by atoms with van der Waals surface area (Å²) in [7, 11) is 0. The Kier molecular flexibility index (Phi) is 4.07. The van der Waals surface area contributed by atoms with E-state index in [9.17, 15) is 9.18 Å². The van der Waals surface area contributed by atoms with Crippen LogP contribution in [0.5, 0.6) is 0 Å². The smallest absolute Gasteiger partial charge is 0.308 e. The molecule has 2 aromatic carbocycles. The van der Waals surface area contributed by atoms with Crippen molar-refractivity contribution in [1.82, 2.24) is 9.38 Å². The Morgan fingerprint density at radius 2 is 1.73 bits per heavy atom. The average Bonchev–Trinajstić information content (AvgIpc) is 3.08. The van der Waals surface area contributed by atoms with Crippen molar-refractivity contribution in [2.75, 3.05) is 10.6 Å². The third-order valence-corrected chi connectivity index (χ3v) is 3.88. The lowest BCUT2D eigenvalue weighted by Crippen LogP contribution is -2.19. The van der Waals surface area contributed by atoms with Gasteiger partial charge in [-0.2, -0.15) is 0 Å². The van der Waals surface area contributed by atoms with Crippen LogP contribution in [0.15, 0.2) is 79.1 Å². The standard InChI is InChI=1S/C20H15FN4O/c21-15-7-9-16(10-8-15)22-20(26)23-17-5-3-4-14(12-17)18-13-25-11-2-1-6-19(25)24-18/h1-13H,(H2,22,23,26). The van der Waals surface area contributed by atoms with E-state index >= 15 is 0 Å². The number of amides is 2. The van der Waals surface area contributed by atoms with Crippen molar-refractivity contribution in [3.63, 3.8) is 0 Å². The van der Waals surface area contributed by atoms with Gasteiger partial charge in [-0.3, -0.25) is 0 Å². The van der Waals surface area contributed by atoms with Gasteiger partial charge in [-0.05, 0) is 48.5 Å². The van der Waals surface area contributed by atoms with Crippen LogP contribution in [0.4, 0.5) is 20.6 Å². The predicted molar refractivity (Wildman–Crippen MR) is 99.7 cm³/mol. The fourth-order valence-corrected chi connectivity index (χ4v) is 2.66. The Hall–Kier alpha value is -3.67. The number of urea groups is 1. The van der Waals surface area contributed by atoms with Crippen molar-refractivity contribution < 1.29 is 9.18 Å². The molecule has 2 heterocycles. The molecule has 4 aromatic rings. The Bertz CT molecular complexity index is 1040. The van der Waals surface area contributed by atoms with E-state index in [0.717, 1.165) is 16.9 Å². The summed E-state index contributed by atoms with van der Waals surface area (Å²) in [6.07, 6.45) is 3.87. The number of nitrogens with one attached hydrogen (secondary N) is 2. The van der Waals surface area contributed by atoms with Gasteiger partial charge in [0.05, 0.1) is 5.69 Å². The van der Waals surface area contributed by atoms with E-state index in [4.69, 9.17) is 0 Å². The molecule has 0 saturated heterocycles. The minimum atomic E-state index is -0.399. The van der Waals surface area contributed by atoms with Crippen LogP contribution in [0.1, 0.15) is 0 Å². The largest absolute Gasteiger partial charge is 0.323 e. The zero-order valence-electron chi connectivity index (χ0n) is 13.7. The van der Waals surface area contributed by atoms with E-state index in [1.165, 1.54) is 24.3 Å². The third-order valence-electron chi connectivity index (χ3n) is 3.88. The maximum Gasteiger partial charge on any atom is 0.323 e. The van der Waals surface area contributed by atoms with Crippen molar-refractivity contribution in [3.05, 3.63) is 84.9 Å². The number of hydrogen-bond donors (Lipinski definition) is 2. The maximum atomic E-state index is 12.9. The van der Waals surface area contributed by atoms with Crippen LogP contribution in [-0.2, 0) is 0 Å². The Morgan fingerprint density at radius 1 is 0.923 bits per heavy atom. The summed E-state index contributed by atoms with van der Waals surface area (Å²) in [5.74, 6) is -0.351. The lowest BCUT2D eigenvalue weighted by atomic mass is 10.1. The molecule has 6 heteroatoms. The number of pyridine rings is 1. The second kappa shape index (κ2) is 6.68.